The zero-order chi connectivity index (χ0) is 11.1. The summed E-state index contributed by atoms with van der Waals surface area (Å²) in [5.74, 6) is -0.207. The third kappa shape index (κ3) is 1.88. The second-order valence-corrected chi connectivity index (χ2v) is 4.90. The van der Waals surface area contributed by atoms with Gasteiger partial charge in [0.15, 0.2) is 0 Å². The lowest BCUT2D eigenvalue weighted by atomic mass is 9.87. The lowest BCUT2D eigenvalue weighted by molar-refractivity contribution is 0.349. The molecule has 2 aliphatic carbocycles. The van der Waals surface area contributed by atoms with Crippen LogP contribution in [0.25, 0.3) is 0 Å². The highest BCUT2D eigenvalue weighted by atomic mass is 32.2. The van der Waals surface area contributed by atoms with E-state index < -0.39 is 10.1 Å². The Kier molecular flexibility index (Phi) is 2.28. The zero-order valence-electron chi connectivity index (χ0n) is 7.79. The second-order valence-electron chi connectivity index (χ2n) is 3.47. The largest absolute Gasteiger partial charge is 0.512 e. The van der Waals surface area contributed by atoms with Gasteiger partial charge in [0.1, 0.15) is 5.76 Å². The maximum Gasteiger partial charge on any atom is 0.294 e. The van der Waals surface area contributed by atoms with Crippen LogP contribution in [0.1, 0.15) is 6.42 Å². The summed E-state index contributed by atoms with van der Waals surface area (Å²) in [6, 6.07) is 0. The maximum atomic E-state index is 10.9. The Hall–Kier alpha value is -1.33. The summed E-state index contributed by atoms with van der Waals surface area (Å²) in [6.07, 6.45) is 8.53. The number of hydrogen-bond donors (Lipinski definition) is 2. The molecule has 0 aromatic heterocycles. The first-order valence-corrected chi connectivity index (χ1v) is 5.89. The van der Waals surface area contributed by atoms with Gasteiger partial charge in [-0.1, -0.05) is 18.2 Å². The van der Waals surface area contributed by atoms with E-state index in [1.54, 1.807) is 12.2 Å². The van der Waals surface area contributed by atoms with Crippen LogP contribution >= 0.6 is 0 Å². The third-order valence-electron chi connectivity index (χ3n) is 2.45. The molecule has 5 heteroatoms. The van der Waals surface area contributed by atoms with E-state index in [-0.39, 0.29) is 16.6 Å². The van der Waals surface area contributed by atoms with Gasteiger partial charge in [-0.15, -0.1) is 0 Å². The van der Waals surface area contributed by atoms with Crippen LogP contribution in [0.5, 0.6) is 0 Å². The van der Waals surface area contributed by atoms with Gasteiger partial charge in [-0.25, -0.2) is 0 Å². The summed E-state index contributed by atoms with van der Waals surface area (Å²) in [5, 5.41) is 9.61. The predicted octanol–water partition coefficient (Wildman–Crippen LogP) is 1.72. The predicted molar refractivity (Wildman–Crippen MR) is 55.7 cm³/mol. The van der Waals surface area contributed by atoms with Crippen molar-refractivity contribution in [2.24, 2.45) is 5.92 Å². The number of aliphatic hydroxyl groups excluding tert-OH is 1. The lowest BCUT2D eigenvalue weighted by Crippen LogP contribution is -2.14. The molecule has 0 saturated heterocycles. The fraction of sp³-hybridized carbons (Fsp3) is 0.200. The molecule has 0 aromatic rings. The fourth-order valence-corrected chi connectivity index (χ4v) is 2.24. The van der Waals surface area contributed by atoms with E-state index in [1.807, 2.05) is 6.08 Å². The van der Waals surface area contributed by atoms with Crippen LogP contribution in [-0.4, -0.2) is 18.1 Å². The molecule has 0 heterocycles. The Morgan fingerprint density at radius 2 is 2.07 bits per heavy atom. The van der Waals surface area contributed by atoms with Gasteiger partial charge in [-0.3, -0.25) is 4.55 Å². The van der Waals surface area contributed by atoms with Crippen LogP contribution in [0.15, 0.2) is 46.6 Å². The average molecular weight is 226 g/mol. The molecule has 15 heavy (non-hydrogen) atoms. The number of fused-ring (bicyclic) bond motifs is 1. The highest BCUT2D eigenvalue weighted by molar-refractivity contribution is 7.90. The summed E-state index contributed by atoms with van der Waals surface area (Å²) >= 11 is 0. The van der Waals surface area contributed by atoms with E-state index in [2.05, 4.69) is 0 Å². The van der Waals surface area contributed by atoms with Crippen LogP contribution in [0.4, 0.5) is 0 Å². The number of hydrogen-bond acceptors (Lipinski definition) is 3. The molecular formula is C10H10O4S. The minimum absolute atomic E-state index is 0.0271. The molecule has 0 fully saturated rings. The molecule has 0 spiro atoms. The first-order valence-electron chi connectivity index (χ1n) is 4.45. The van der Waals surface area contributed by atoms with Gasteiger partial charge in [0.2, 0.25) is 0 Å². The minimum Gasteiger partial charge on any atom is -0.512 e. The molecule has 0 bridgehead atoms. The van der Waals surface area contributed by atoms with Crippen LogP contribution in [0.2, 0.25) is 0 Å². The van der Waals surface area contributed by atoms with E-state index >= 15 is 0 Å². The molecule has 0 aliphatic heterocycles. The van der Waals surface area contributed by atoms with Crippen molar-refractivity contribution in [1.82, 2.24) is 0 Å². The lowest BCUT2D eigenvalue weighted by Gasteiger charge is -2.22. The Balaban J connectivity index is 2.51. The Labute approximate surface area is 87.7 Å². The van der Waals surface area contributed by atoms with E-state index in [0.717, 1.165) is 6.08 Å². The Morgan fingerprint density at radius 3 is 2.73 bits per heavy atom. The topological polar surface area (TPSA) is 74.6 Å². The molecule has 2 N–H and O–H groups in total. The second kappa shape index (κ2) is 3.36. The molecule has 4 nitrogen and oxygen atoms in total. The molecular weight excluding hydrogens is 216 g/mol. The van der Waals surface area contributed by atoms with Crippen LogP contribution < -0.4 is 0 Å². The van der Waals surface area contributed by atoms with Gasteiger partial charge in [-0.2, -0.15) is 8.42 Å². The number of rotatable bonds is 1. The SMILES string of the molecule is O=S(=O)(O)C1=CC2=CC=CCC2C(O)=C1. The van der Waals surface area contributed by atoms with Crippen molar-refractivity contribution in [2.75, 3.05) is 0 Å². The van der Waals surface area contributed by atoms with Gasteiger partial charge in [-0.05, 0) is 24.1 Å². The maximum absolute atomic E-state index is 10.9. The van der Waals surface area contributed by atoms with Crippen molar-refractivity contribution in [3.8, 4) is 0 Å². The van der Waals surface area contributed by atoms with Crippen molar-refractivity contribution < 1.29 is 18.1 Å². The van der Waals surface area contributed by atoms with Crippen molar-refractivity contribution >= 4 is 10.1 Å². The number of aliphatic hydroxyl groups is 1. The Morgan fingerprint density at radius 1 is 1.33 bits per heavy atom. The smallest absolute Gasteiger partial charge is 0.294 e. The zero-order valence-corrected chi connectivity index (χ0v) is 8.61. The van der Waals surface area contributed by atoms with E-state index in [0.29, 0.717) is 12.0 Å². The summed E-state index contributed by atoms with van der Waals surface area (Å²) in [4.78, 5) is -0.266. The molecule has 0 radical (unpaired) electrons. The van der Waals surface area contributed by atoms with Crippen molar-refractivity contribution in [1.29, 1.82) is 0 Å². The molecule has 80 valence electrons. The summed E-state index contributed by atoms with van der Waals surface area (Å²) in [6.45, 7) is 0. The highest BCUT2D eigenvalue weighted by Crippen LogP contribution is 2.33. The first kappa shape index (κ1) is 10.2. The highest BCUT2D eigenvalue weighted by Gasteiger charge is 2.26. The van der Waals surface area contributed by atoms with E-state index in [9.17, 15) is 13.5 Å². The average Bonchev–Trinajstić information content (AvgIpc) is 2.16. The molecule has 2 rings (SSSR count). The molecule has 1 unspecified atom stereocenters. The van der Waals surface area contributed by atoms with Crippen LogP contribution in [-0.2, 0) is 10.1 Å². The summed E-state index contributed by atoms with van der Waals surface area (Å²) in [7, 11) is -4.25. The third-order valence-corrected chi connectivity index (χ3v) is 3.28. The normalized spacial score (nSPS) is 25.1. The fourth-order valence-electron chi connectivity index (χ4n) is 1.69. The standard InChI is InChI=1S/C10H10O4S/c11-10-6-8(15(12,13)14)5-7-3-1-2-4-9(7)10/h1-3,5-6,9,11H,4H2,(H,12,13,14). The summed E-state index contributed by atoms with van der Waals surface area (Å²) in [5.41, 5.74) is 0.699. The van der Waals surface area contributed by atoms with E-state index in [4.69, 9.17) is 4.55 Å². The van der Waals surface area contributed by atoms with Gasteiger partial charge in [0.05, 0.1) is 4.91 Å². The van der Waals surface area contributed by atoms with E-state index in [1.165, 1.54) is 6.08 Å². The van der Waals surface area contributed by atoms with Crippen molar-refractivity contribution in [3.05, 3.63) is 46.6 Å². The number of allylic oxidation sites excluding steroid dienone is 6. The quantitative estimate of drug-likeness (QED) is 0.667. The monoisotopic (exact) mass is 226 g/mol. The van der Waals surface area contributed by atoms with Gasteiger partial charge in [0.25, 0.3) is 10.1 Å². The molecule has 2 aliphatic rings. The molecule has 0 saturated carbocycles. The van der Waals surface area contributed by atoms with Gasteiger partial charge in [0, 0.05) is 5.92 Å². The minimum atomic E-state index is -4.25. The Bertz CT molecular complexity index is 506. The van der Waals surface area contributed by atoms with Gasteiger partial charge < -0.3 is 5.11 Å². The van der Waals surface area contributed by atoms with Crippen LogP contribution in [0.3, 0.4) is 0 Å². The molecule has 0 amide bonds. The molecule has 1 atom stereocenters. The van der Waals surface area contributed by atoms with Gasteiger partial charge >= 0.3 is 0 Å². The van der Waals surface area contributed by atoms with Crippen LogP contribution in [0, 0.1) is 5.92 Å². The van der Waals surface area contributed by atoms with Crippen molar-refractivity contribution in [3.63, 3.8) is 0 Å². The summed E-state index contributed by atoms with van der Waals surface area (Å²) < 4.78 is 30.6. The first-order chi connectivity index (χ1) is 6.98. The van der Waals surface area contributed by atoms with Crippen molar-refractivity contribution in [2.45, 2.75) is 6.42 Å². The molecule has 0 aromatic carbocycles.